The Kier molecular flexibility index (Phi) is 5.28. The number of rotatable bonds is 4. The lowest BCUT2D eigenvalue weighted by Gasteiger charge is -2.40. The van der Waals surface area contributed by atoms with E-state index < -0.39 is 0 Å². The number of hydrogen-bond acceptors (Lipinski definition) is 4. The molecule has 1 atom stereocenters. The zero-order valence-corrected chi connectivity index (χ0v) is 14.8. The normalized spacial score (nSPS) is 18.3. The lowest BCUT2D eigenvalue weighted by atomic mass is 10.0. The molecule has 1 aromatic heterocycles. The molecule has 1 aromatic carbocycles. The van der Waals surface area contributed by atoms with E-state index in [1.807, 2.05) is 30.0 Å². The van der Waals surface area contributed by atoms with Crippen LogP contribution in [-0.2, 0) is 6.54 Å². The molecule has 2 aromatic rings. The van der Waals surface area contributed by atoms with Gasteiger partial charge in [0.15, 0.2) is 0 Å². The molecule has 0 aliphatic carbocycles. The molecule has 0 radical (unpaired) electrons. The van der Waals surface area contributed by atoms with Crippen LogP contribution >= 0.6 is 0 Å². The summed E-state index contributed by atoms with van der Waals surface area (Å²) in [5.41, 5.74) is 1.28. The Morgan fingerprint density at radius 3 is 2.64 bits per heavy atom. The topological polar surface area (TPSA) is 58.4 Å². The van der Waals surface area contributed by atoms with Crippen LogP contribution in [0.3, 0.4) is 0 Å². The Labute approximate surface area is 147 Å². The Hall–Kier alpha value is -2.47. The Bertz CT molecular complexity index is 788. The van der Waals surface area contributed by atoms with Gasteiger partial charge >= 0.3 is 0 Å². The van der Waals surface area contributed by atoms with Gasteiger partial charge < -0.3 is 9.80 Å². The first-order chi connectivity index (χ1) is 12.1. The van der Waals surface area contributed by atoms with Gasteiger partial charge in [0.1, 0.15) is 5.69 Å². The minimum Gasteiger partial charge on any atom is -0.328 e. The quantitative estimate of drug-likeness (QED) is 0.851. The third kappa shape index (κ3) is 3.79. The van der Waals surface area contributed by atoms with Crippen molar-refractivity contribution in [3.8, 4) is 0 Å². The molecule has 1 aliphatic heterocycles. The Balaban J connectivity index is 1.91. The van der Waals surface area contributed by atoms with Crippen LogP contribution in [0, 0.1) is 0 Å². The van der Waals surface area contributed by atoms with Crippen LogP contribution in [0.1, 0.15) is 35.4 Å². The van der Waals surface area contributed by atoms with Gasteiger partial charge in [0, 0.05) is 32.2 Å². The zero-order chi connectivity index (χ0) is 17.8. The molecule has 1 fully saturated rings. The lowest BCUT2D eigenvalue weighted by Crippen LogP contribution is -2.49. The fourth-order valence-electron chi connectivity index (χ4n) is 3.21. The van der Waals surface area contributed by atoms with Crippen LogP contribution in [0.15, 0.2) is 47.3 Å². The van der Waals surface area contributed by atoms with Crippen molar-refractivity contribution in [3.63, 3.8) is 0 Å². The van der Waals surface area contributed by atoms with Crippen molar-refractivity contribution in [1.29, 1.82) is 0 Å². The van der Waals surface area contributed by atoms with Gasteiger partial charge in [-0.1, -0.05) is 37.3 Å². The SMILES string of the molecule is CCCn1nc(C(=O)N2CCN(C)C[C@H]2c2ccccc2)ccc1=O. The third-order valence-electron chi connectivity index (χ3n) is 4.55. The second-order valence-corrected chi connectivity index (χ2v) is 6.47. The molecule has 25 heavy (non-hydrogen) atoms. The average molecular weight is 340 g/mol. The van der Waals surface area contributed by atoms with Crippen molar-refractivity contribution in [2.45, 2.75) is 25.9 Å². The number of benzene rings is 1. The van der Waals surface area contributed by atoms with Gasteiger partial charge in [0.2, 0.25) is 0 Å². The van der Waals surface area contributed by atoms with E-state index in [1.165, 1.54) is 16.8 Å². The standard InChI is InChI=1S/C19H24N4O2/c1-3-11-23-18(24)10-9-16(20-23)19(25)22-13-12-21(2)14-17(22)15-7-5-4-6-8-15/h4-10,17H,3,11-14H2,1-2H3/t17-/m0/s1. The van der Waals surface area contributed by atoms with Crippen LogP contribution in [0.2, 0.25) is 0 Å². The maximum atomic E-state index is 13.1. The highest BCUT2D eigenvalue weighted by molar-refractivity contribution is 5.92. The Morgan fingerprint density at radius 1 is 1.16 bits per heavy atom. The van der Waals surface area contributed by atoms with Gasteiger partial charge in [0.25, 0.3) is 11.5 Å². The van der Waals surface area contributed by atoms with E-state index in [4.69, 9.17) is 0 Å². The number of likely N-dealkylation sites (N-methyl/N-ethyl adjacent to an activating group) is 1. The molecule has 2 heterocycles. The van der Waals surface area contributed by atoms with Crippen molar-refractivity contribution in [1.82, 2.24) is 19.6 Å². The summed E-state index contributed by atoms with van der Waals surface area (Å²) < 4.78 is 1.38. The summed E-state index contributed by atoms with van der Waals surface area (Å²) in [7, 11) is 2.07. The molecule has 0 unspecified atom stereocenters. The summed E-state index contributed by atoms with van der Waals surface area (Å²) in [5.74, 6) is -0.119. The fraction of sp³-hybridized carbons (Fsp3) is 0.421. The van der Waals surface area contributed by atoms with Crippen molar-refractivity contribution < 1.29 is 4.79 Å². The van der Waals surface area contributed by atoms with Gasteiger partial charge in [-0.3, -0.25) is 9.59 Å². The first kappa shape index (κ1) is 17.4. The first-order valence-electron chi connectivity index (χ1n) is 8.72. The van der Waals surface area contributed by atoms with Gasteiger partial charge in [-0.15, -0.1) is 0 Å². The molecule has 132 valence electrons. The number of piperazine rings is 1. The summed E-state index contributed by atoms with van der Waals surface area (Å²) in [6.45, 7) is 4.75. The van der Waals surface area contributed by atoms with Crippen LogP contribution < -0.4 is 5.56 Å². The number of aromatic nitrogens is 2. The number of amides is 1. The lowest BCUT2D eigenvalue weighted by molar-refractivity contribution is 0.0489. The van der Waals surface area contributed by atoms with E-state index in [2.05, 4.69) is 29.2 Å². The number of aryl methyl sites for hydroxylation is 1. The molecule has 6 nitrogen and oxygen atoms in total. The summed E-state index contributed by atoms with van der Waals surface area (Å²) in [4.78, 5) is 29.0. The second-order valence-electron chi connectivity index (χ2n) is 6.47. The molecule has 6 heteroatoms. The third-order valence-corrected chi connectivity index (χ3v) is 4.55. The molecule has 0 N–H and O–H groups in total. The molecular formula is C19H24N4O2. The number of nitrogens with zero attached hydrogens (tertiary/aromatic N) is 4. The molecule has 1 aliphatic rings. The van der Waals surface area contributed by atoms with Crippen LogP contribution in [-0.4, -0.2) is 52.2 Å². The predicted octanol–water partition coefficient (Wildman–Crippen LogP) is 1.78. The van der Waals surface area contributed by atoms with Crippen molar-refractivity contribution in [3.05, 3.63) is 64.1 Å². The monoisotopic (exact) mass is 340 g/mol. The molecule has 0 bridgehead atoms. The maximum Gasteiger partial charge on any atom is 0.274 e. The highest BCUT2D eigenvalue weighted by Gasteiger charge is 2.31. The molecule has 3 rings (SSSR count). The van der Waals surface area contributed by atoms with Gasteiger partial charge in [-0.2, -0.15) is 5.10 Å². The van der Waals surface area contributed by atoms with E-state index in [-0.39, 0.29) is 17.5 Å². The molecule has 1 amide bonds. The Morgan fingerprint density at radius 2 is 1.92 bits per heavy atom. The fourth-order valence-corrected chi connectivity index (χ4v) is 3.21. The van der Waals surface area contributed by atoms with Gasteiger partial charge in [-0.25, -0.2) is 4.68 Å². The highest BCUT2D eigenvalue weighted by atomic mass is 16.2. The van der Waals surface area contributed by atoms with E-state index in [0.717, 1.165) is 25.1 Å². The summed E-state index contributed by atoms with van der Waals surface area (Å²) in [6, 6.07) is 13.0. The molecule has 1 saturated heterocycles. The van der Waals surface area contributed by atoms with Crippen LogP contribution in [0.25, 0.3) is 0 Å². The predicted molar refractivity (Wildman–Crippen MR) is 96.5 cm³/mol. The maximum absolute atomic E-state index is 13.1. The number of carbonyl (C=O) groups is 1. The molecular weight excluding hydrogens is 316 g/mol. The molecule has 0 saturated carbocycles. The molecule has 0 spiro atoms. The largest absolute Gasteiger partial charge is 0.328 e. The van der Waals surface area contributed by atoms with E-state index in [9.17, 15) is 9.59 Å². The van der Waals surface area contributed by atoms with Crippen LogP contribution in [0.4, 0.5) is 0 Å². The first-order valence-corrected chi connectivity index (χ1v) is 8.72. The van der Waals surface area contributed by atoms with Crippen molar-refractivity contribution in [2.24, 2.45) is 0 Å². The second kappa shape index (κ2) is 7.61. The minimum absolute atomic E-state index is 0.0131. The smallest absolute Gasteiger partial charge is 0.274 e. The van der Waals surface area contributed by atoms with Crippen LogP contribution in [0.5, 0.6) is 0 Å². The van der Waals surface area contributed by atoms with E-state index in [0.29, 0.717) is 18.8 Å². The van der Waals surface area contributed by atoms with Crippen molar-refractivity contribution >= 4 is 5.91 Å². The summed E-state index contributed by atoms with van der Waals surface area (Å²) >= 11 is 0. The van der Waals surface area contributed by atoms with Gasteiger partial charge in [-0.05, 0) is 25.1 Å². The number of carbonyl (C=O) groups excluding carboxylic acids is 1. The van der Waals surface area contributed by atoms with Crippen molar-refractivity contribution in [2.75, 3.05) is 26.7 Å². The number of hydrogen-bond donors (Lipinski definition) is 0. The summed E-state index contributed by atoms with van der Waals surface area (Å²) in [6.07, 6.45) is 0.797. The van der Waals surface area contributed by atoms with E-state index in [1.54, 1.807) is 0 Å². The van der Waals surface area contributed by atoms with E-state index >= 15 is 0 Å². The van der Waals surface area contributed by atoms with Gasteiger partial charge in [0.05, 0.1) is 6.04 Å². The highest BCUT2D eigenvalue weighted by Crippen LogP contribution is 2.26. The average Bonchev–Trinajstić information content (AvgIpc) is 2.64. The summed E-state index contributed by atoms with van der Waals surface area (Å²) in [5, 5.41) is 4.28. The minimum atomic E-state index is -0.170. The zero-order valence-electron chi connectivity index (χ0n) is 14.8.